The molecule has 128 valence electrons. The van der Waals surface area contributed by atoms with Crippen LogP contribution in [0.5, 0.6) is 0 Å². The number of thiazole rings is 1. The summed E-state index contributed by atoms with van der Waals surface area (Å²) in [7, 11) is 0. The molecule has 0 N–H and O–H groups in total. The largest absolute Gasteiger partial charge is 0.341 e. The van der Waals surface area contributed by atoms with Gasteiger partial charge in [-0.15, -0.1) is 11.3 Å². The minimum Gasteiger partial charge on any atom is -0.341 e. The normalized spacial score (nSPS) is 17.5. The topological polar surface area (TPSA) is 36.4 Å². The van der Waals surface area contributed by atoms with Gasteiger partial charge in [-0.25, -0.2) is 4.98 Å². The Hall–Kier alpha value is -1.72. The number of carbonyl (C=O) groups excluding carboxylic acids is 1. The first-order valence-corrected chi connectivity index (χ1v) is 9.52. The third kappa shape index (κ3) is 4.22. The van der Waals surface area contributed by atoms with Gasteiger partial charge < -0.3 is 4.90 Å². The number of benzene rings is 1. The molecule has 0 unspecified atom stereocenters. The zero-order chi connectivity index (χ0) is 16.9. The molecule has 3 rings (SSSR count). The van der Waals surface area contributed by atoms with Gasteiger partial charge in [0, 0.05) is 38.1 Å². The second-order valence-corrected chi connectivity index (χ2v) is 7.29. The smallest absolute Gasteiger partial charge is 0.229 e. The fourth-order valence-corrected chi connectivity index (χ4v) is 3.72. The third-order valence-electron chi connectivity index (χ3n) is 4.72. The van der Waals surface area contributed by atoms with Crippen molar-refractivity contribution in [3.8, 4) is 0 Å². The molecule has 1 aliphatic rings. The van der Waals surface area contributed by atoms with E-state index in [0.29, 0.717) is 0 Å². The molecule has 0 aliphatic carbocycles. The number of amides is 1. The standard InChI is InChI=1S/C19H25N3OS/c1-15-4-6-17(7-5-15)16(2)19(23)22-9-3-8-21(10-11-22)12-18-13-24-14-20-18/h4-7,13-14,16H,3,8-12H2,1-2H3/t16-/m1/s1. The molecule has 0 spiro atoms. The molecule has 1 amide bonds. The molecule has 0 radical (unpaired) electrons. The quantitative estimate of drug-likeness (QED) is 0.855. The first-order chi connectivity index (χ1) is 11.6. The van der Waals surface area contributed by atoms with Crippen LogP contribution in [0.2, 0.25) is 0 Å². The van der Waals surface area contributed by atoms with Gasteiger partial charge >= 0.3 is 0 Å². The van der Waals surface area contributed by atoms with E-state index in [1.165, 1.54) is 5.56 Å². The molecule has 4 nitrogen and oxygen atoms in total. The second-order valence-electron chi connectivity index (χ2n) is 6.57. The summed E-state index contributed by atoms with van der Waals surface area (Å²) in [6, 6.07) is 8.31. The van der Waals surface area contributed by atoms with Crippen LogP contribution in [0, 0.1) is 6.92 Å². The molecule has 1 atom stereocenters. The zero-order valence-electron chi connectivity index (χ0n) is 14.4. The van der Waals surface area contributed by atoms with Crippen LogP contribution in [0.3, 0.4) is 0 Å². The lowest BCUT2D eigenvalue weighted by atomic mass is 9.98. The van der Waals surface area contributed by atoms with Gasteiger partial charge in [0.2, 0.25) is 5.91 Å². The number of nitrogens with zero attached hydrogens (tertiary/aromatic N) is 3. The number of carbonyl (C=O) groups is 1. The molecule has 1 aromatic carbocycles. The lowest BCUT2D eigenvalue weighted by Crippen LogP contribution is -2.37. The second kappa shape index (κ2) is 7.90. The number of aromatic nitrogens is 1. The number of aryl methyl sites for hydroxylation is 1. The SMILES string of the molecule is Cc1ccc([C@@H](C)C(=O)N2CCCN(Cc3cscn3)CC2)cc1. The van der Waals surface area contributed by atoms with E-state index >= 15 is 0 Å². The summed E-state index contributed by atoms with van der Waals surface area (Å²) in [5.74, 6) is 0.171. The van der Waals surface area contributed by atoms with Crippen LogP contribution in [-0.2, 0) is 11.3 Å². The Bertz CT molecular complexity index is 654. The van der Waals surface area contributed by atoms with Gasteiger partial charge in [-0.2, -0.15) is 0 Å². The van der Waals surface area contributed by atoms with Gasteiger partial charge in [0.15, 0.2) is 0 Å². The molecular weight excluding hydrogens is 318 g/mol. The van der Waals surface area contributed by atoms with E-state index < -0.39 is 0 Å². The first kappa shape index (κ1) is 17.1. The maximum Gasteiger partial charge on any atom is 0.229 e. The summed E-state index contributed by atoms with van der Waals surface area (Å²) in [6.45, 7) is 8.58. The van der Waals surface area contributed by atoms with Gasteiger partial charge in [-0.1, -0.05) is 29.8 Å². The Morgan fingerprint density at radius 1 is 1.21 bits per heavy atom. The highest BCUT2D eigenvalue weighted by Gasteiger charge is 2.24. The first-order valence-electron chi connectivity index (χ1n) is 8.58. The maximum absolute atomic E-state index is 12.9. The predicted molar refractivity (Wildman–Crippen MR) is 98.2 cm³/mol. The van der Waals surface area contributed by atoms with Crippen molar-refractivity contribution >= 4 is 17.2 Å². The molecule has 1 aromatic heterocycles. The van der Waals surface area contributed by atoms with Crippen molar-refractivity contribution in [3.05, 3.63) is 52.0 Å². The number of hydrogen-bond donors (Lipinski definition) is 0. The van der Waals surface area contributed by atoms with E-state index in [4.69, 9.17) is 0 Å². The van der Waals surface area contributed by atoms with E-state index in [9.17, 15) is 4.79 Å². The van der Waals surface area contributed by atoms with Crippen molar-refractivity contribution in [2.24, 2.45) is 0 Å². The fraction of sp³-hybridized carbons (Fsp3) is 0.474. The Morgan fingerprint density at radius 2 is 2.00 bits per heavy atom. The predicted octanol–water partition coefficient (Wildman–Crippen LogP) is 3.29. The Morgan fingerprint density at radius 3 is 2.71 bits per heavy atom. The number of hydrogen-bond acceptors (Lipinski definition) is 4. The third-order valence-corrected chi connectivity index (χ3v) is 5.35. The van der Waals surface area contributed by atoms with Crippen molar-refractivity contribution in [2.75, 3.05) is 26.2 Å². The van der Waals surface area contributed by atoms with Crippen molar-refractivity contribution in [2.45, 2.75) is 32.7 Å². The van der Waals surface area contributed by atoms with Crippen LogP contribution < -0.4 is 0 Å². The minimum absolute atomic E-state index is 0.0734. The summed E-state index contributed by atoms with van der Waals surface area (Å²) in [6.07, 6.45) is 1.02. The van der Waals surface area contributed by atoms with Gasteiger partial charge in [0.1, 0.15) is 0 Å². The van der Waals surface area contributed by atoms with E-state index in [0.717, 1.165) is 50.4 Å². The molecule has 5 heteroatoms. The van der Waals surface area contributed by atoms with Crippen LogP contribution in [0.15, 0.2) is 35.2 Å². The van der Waals surface area contributed by atoms with Crippen LogP contribution in [0.25, 0.3) is 0 Å². The molecule has 2 heterocycles. The van der Waals surface area contributed by atoms with Crippen molar-refractivity contribution in [3.63, 3.8) is 0 Å². The fourth-order valence-electron chi connectivity index (χ4n) is 3.17. The summed E-state index contributed by atoms with van der Waals surface area (Å²) in [5.41, 5.74) is 5.35. The summed E-state index contributed by atoms with van der Waals surface area (Å²) in [4.78, 5) is 21.7. The highest BCUT2D eigenvalue weighted by atomic mass is 32.1. The molecule has 0 bridgehead atoms. The molecule has 1 aliphatic heterocycles. The monoisotopic (exact) mass is 343 g/mol. The molecule has 0 saturated carbocycles. The van der Waals surface area contributed by atoms with Crippen molar-refractivity contribution in [1.29, 1.82) is 0 Å². The van der Waals surface area contributed by atoms with Gasteiger partial charge in [0.25, 0.3) is 0 Å². The average Bonchev–Trinajstić information content (AvgIpc) is 2.99. The highest BCUT2D eigenvalue weighted by Crippen LogP contribution is 2.20. The van der Waals surface area contributed by atoms with Crippen molar-refractivity contribution in [1.82, 2.24) is 14.8 Å². The van der Waals surface area contributed by atoms with E-state index in [2.05, 4.69) is 46.5 Å². The molecular formula is C19H25N3OS. The lowest BCUT2D eigenvalue weighted by Gasteiger charge is -2.25. The van der Waals surface area contributed by atoms with Gasteiger partial charge in [-0.3, -0.25) is 9.69 Å². The maximum atomic E-state index is 12.9. The summed E-state index contributed by atoms with van der Waals surface area (Å²) >= 11 is 1.64. The molecule has 2 aromatic rings. The average molecular weight is 343 g/mol. The van der Waals surface area contributed by atoms with Crippen LogP contribution in [0.1, 0.15) is 36.1 Å². The molecule has 1 saturated heterocycles. The lowest BCUT2D eigenvalue weighted by molar-refractivity contribution is -0.132. The Kier molecular flexibility index (Phi) is 5.63. The van der Waals surface area contributed by atoms with Gasteiger partial charge in [-0.05, 0) is 25.8 Å². The zero-order valence-corrected chi connectivity index (χ0v) is 15.3. The van der Waals surface area contributed by atoms with Gasteiger partial charge in [0.05, 0.1) is 17.1 Å². The molecule has 1 fully saturated rings. The minimum atomic E-state index is -0.0734. The van der Waals surface area contributed by atoms with Crippen LogP contribution in [0.4, 0.5) is 0 Å². The Labute approximate surface area is 148 Å². The van der Waals surface area contributed by atoms with Crippen LogP contribution in [-0.4, -0.2) is 46.9 Å². The van der Waals surface area contributed by atoms with Crippen LogP contribution >= 0.6 is 11.3 Å². The summed E-state index contributed by atoms with van der Waals surface area (Å²) < 4.78 is 0. The number of rotatable bonds is 4. The summed E-state index contributed by atoms with van der Waals surface area (Å²) in [5, 5.41) is 2.10. The van der Waals surface area contributed by atoms with E-state index in [1.54, 1.807) is 11.3 Å². The van der Waals surface area contributed by atoms with E-state index in [1.807, 2.05) is 17.3 Å². The van der Waals surface area contributed by atoms with Crippen molar-refractivity contribution < 1.29 is 4.79 Å². The van der Waals surface area contributed by atoms with E-state index in [-0.39, 0.29) is 11.8 Å². The Balaban J connectivity index is 1.58. The highest BCUT2D eigenvalue weighted by molar-refractivity contribution is 7.07. The molecule has 24 heavy (non-hydrogen) atoms.